The van der Waals surface area contributed by atoms with Crippen molar-refractivity contribution in [2.24, 2.45) is 0 Å². The third kappa shape index (κ3) is 3.11. The Hall–Kier alpha value is -2.25. The number of imide groups is 2. The molecule has 1 aromatic heterocycles. The van der Waals surface area contributed by atoms with Crippen molar-refractivity contribution >= 4 is 56.9 Å². The number of rotatable bonds is 2. The van der Waals surface area contributed by atoms with Crippen molar-refractivity contribution in [3.05, 3.63) is 56.2 Å². The number of anilines is 1. The van der Waals surface area contributed by atoms with E-state index in [1.165, 1.54) is 17.4 Å². The number of benzene rings is 1. The van der Waals surface area contributed by atoms with Gasteiger partial charge in [0.05, 0.1) is 5.69 Å². The third-order valence-corrected chi connectivity index (χ3v) is 4.71. The quantitative estimate of drug-likeness (QED) is 0.630. The number of thiophene rings is 1. The maximum atomic E-state index is 12.6. The van der Waals surface area contributed by atoms with E-state index >= 15 is 0 Å². The van der Waals surface area contributed by atoms with E-state index in [4.69, 9.17) is 0 Å². The SMILES string of the molecule is Cc1ccc(/C=C2/C(=O)NC(=O)N(c3ccc(Br)cc3)C2=O)s1. The number of amides is 4. The zero-order valence-corrected chi connectivity index (χ0v) is 14.4. The fourth-order valence-corrected chi connectivity index (χ4v) is 3.24. The summed E-state index contributed by atoms with van der Waals surface area (Å²) < 4.78 is 0.826. The van der Waals surface area contributed by atoms with Crippen LogP contribution in [0, 0.1) is 6.92 Å². The second kappa shape index (κ2) is 6.10. The number of aryl methyl sites for hydroxylation is 1. The van der Waals surface area contributed by atoms with Crippen molar-refractivity contribution in [1.82, 2.24) is 5.32 Å². The highest BCUT2D eigenvalue weighted by molar-refractivity contribution is 9.10. The summed E-state index contributed by atoms with van der Waals surface area (Å²) >= 11 is 4.77. The molecule has 4 amide bonds. The number of hydrogen-bond donors (Lipinski definition) is 1. The van der Waals surface area contributed by atoms with Gasteiger partial charge in [-0.3, -0.25) is 14.9 Å². The lowest BCUT2D eigenvalue weighted by Gasteiger charge is -2.26. The number of barbiturate groups is 1. The lowest BCUT2D eigenvalue weighted by molar-refractivity contribution is -0.122. The van der Waals surface area contributed by atoms with Gasteiger partial charge in [0.15, 0.2) is 0 Å². The van der Waals surface area contributed by atoms with E-state index in [0.29, 0.717) is 5.69 Å². The first-order valence-corrected chi connectivity index (χ1v) is 8.30. The molecule has 116 valence electrons. The summed E-state index contributed by atoms with van der Waals surface area (Å²) in [5.74, 6) is -1.31. The summed E-state index contributed by atoms with van der Waals surface area (Å²) in [5.41, 5.74) is 0.339. The van der Waals surface area contributed by atoms with Crippen molar-refractivity contribution in [1.29, 1.82) is 0 Å². The van der Waals surface area contributed by atoms with Crippen LogP contribution in [-0.4, -0.2) is 17.8 Å². The van der Waals surface area contributed by atoms with Crippen molar-refractivity contribution in [3.8, 4) is 0 Å². The van der Waals surface area contributed by atoms with E-state index in [1.54, 1.807) is 24.3 Å². The van der Waals surface area contributed by atoms with Gasteiger partial charge in [0.2, 0.25) is 0 Å². The van der Waals surface area contributed by atoms with Gasteiger partial charge in [0, 0.05) is 14.2 Å². The van der Waals surface area contributed by atoms with Crippen molar-refractivity contribution in [3.63, 3.8) is 0 Å². The second-order valence-electron chi connectivity index (χ2n) is 4.88. The minimum absolute atomic E-state index is 0.0608. The van der Waals surface area contributed by atoms with Gasteiger partial charge in [-0.1, -0.05) is 15.9 Å². The minimum atomic E-state index is -0.748. The molecule has 1 N–H and O–H groups in total. The standard InChI is InChI=1S/C16H11BrN2O3S/c1-9-2-7-12(23-9)8-13-14(20)18-16(22)19(15(13)21)11-5-3-10(17)4-6-11/h2-8H,1H3,(H,18,20,22)/b13-8-. The van der Waals surface area contributed by atoms with Crippen LogP contribution in [0.25, 0.3) is 6.08 Å². The molecule has 1 aromatic carbocycles. The predicted octanol–water partition coefficient (Wildman–Crippen LogP) is 3.49. The molecule has 0 saturated carbocycles. The van der Waals surface area contributed by atoms with Gasteiger partial charge in [0.25, 0.3) is 11.8 Å². The topological polar surface area (TPSA) is 66.5 Å². The number of halogens is 1. The second-order valence-corrected chi connectivity index (χ2v) is 7.12. The molecule has 7 heteroatoms. The van der Waals surface area contributed by atoms with Crippen molar-refractivity contribution in [2.45, 2.75) is 6.92 Å². The Morgan fingerprint density at radius 2 is 1.78 bits per heavy atom. The molecule has 0 aliphatic carbocycles. The van der Waals surface area contributed by atoms with E-state index in [2.05, 4.69) is 21.2 Å². The zero-order chi connectivity index (χ0) is 16.6. The Bertz CT molecular complexity index is 839. The van der Waals surface area contributed by atoms with E-state index < -0.39 is 17.8 Å². The molecule has 5 nitrogen and oxygen atoms in total. The van der Waals surface area contributed by atoms with Gasteiger partial charge in [-0.15, -0.1) is 11.3 Å². The Morgan fingerprint density at radius 3 is 2.39 bits per heavy atom. The lowest BCUT2D eigenvalue weighted by Crippen LogP contribution is -2.54. The number of carbonyl (C=O) groups excluding carboxylic acids is 3. The average Bonchev–Trinajstić information content (AvgIpc) is 2.91. The molecule has 0 unspecified atom stereocenters. The first-order valence-electron chi connectivity index (χ1n) is 6.69. The smallest absolute Gasteiger partial charge is 0.273 e. The highest BCUT2D eigenvalue weighted by Gasteiger charge is 2.36. The molecule has 1 fully saturated rings. The summed E-state index contributed by atoms with van der Waals surface area (Å²) in [6, 6.07) is 9.68. The van der Waals surface area contributed by atoms with Crippen LogP contribution in [-0.2, 0) is 9.59 Å². The van der Waals surface area contributed by atoms with E-state index in [1.807, 2.05) is 19.1 Å². The average molecular weight is 391 g/mol. The molecular weight excluding hydrogens is 380 g/mol. The predicted molar refractivity (Wildman–Crippen MR) is 92.2 cm³/mol. The Kier molecular flexibility index (Phi) is 4.14. The van der Waals surface area contributed by atoms with Crippen LogP contribution in [0.2, 0.25) is 0 Å². The monoisotopic (exact) mass is 390 g/mol. The molecule has 1 aliphatic heterocycles. The molecule has 2 aromatic rings. The fourth-order valence-electron chi connectivity index (χ4n) is 2.16. The number of urea groups is 1. The summed E-state index contributed by atoms with van der Waals surface area (Å²) in [5, 5.41) is 2.20. The minimum Gasteiger partial charge on any atom is -0.273 e. The van der Waals surface area contributed by atoms with Crippen LogP contribution in [0.1, 0.15) is 9.75 Å². The lowest BCUT2D eigenvalue weighted by atomic mass is 10.1. The highest BCUT2D eigenvalue weighted by atomic mass is 79.9. The first-order chi connectivity index (χ1) is 11.0. The Labute approximate surface area is 144 Å². The molecule has 1 saturated heterocycles. The first kappa shape index (κ1) is 15.6. The third-order valence-electron chi connectivity index (χ3n) is 3.23. The van der Waals surface area contributed by atoms with Gasteiger partial charge in [-0.05, 0) is 49.4 Å². The molecule has 0 spiro atoms. The molecule has 0 atom stereocenters. The summed E-state index contributed by atoms with van der Waals surface area (Å²) in [7, 11) is 0. The van der Waals surface area contributed by atoms with Crippen molar-refractivity contribution in [2.75, 3.05) is 4.90 Å². The summed E-state index contributed by atoms with van der Waals surface area (Å²) in [6.07, 6.45) is 1.51. The maximum Gasteiger partial charge on any atom is 0.335 e. The zero-order valence-electron chi connectivity index (χ0n) is 12.0. The molecule has 2 heterocycles. The Morgan fingerprint density at radius 1 is 1.09 bits per heavy atom. The fraction of sp³-hybridized carbons (Fsp3) is 0.0625. The van der Waals surface area contributed by atoms with Crippen LogP contribution in [0.4, 0.5) is 10.5 Å². The molecule has 23 heavy (non-hydrogen) atoms. The van der Waals surface area contributed by atoms with Crippen LogP contribution in [0.15, 0.2) is 46.4 Å². The van der Waals surface area contributed by atoms with E-state index in [0.717, 1.165) is 19.1 Å². The van der Waals surface area contributed by atoms with Crippen LogP contribution < -0.4 is 10.2 Å². The van der Waals surface area contributed by atoms with Crippen LogP contribution >= 0.6 is 27.3 Å². The van der Waals surface area contributed by atoms with Gasteiger partial charge < -0.3 is 0 Å². The van der Waals surface area contributed by atoms with Gasteiger partial charge in [0.1, 0.15) is 5.57 Å². The summed E-state index contributed by atoms with van der Waals surface area (Å²) in [4.78, 5) is 39.5. The number of carbonyl (C=O) groups is 3. The molecule has 1 aliphatic rings. The van der Waals surface area contributed by atoms with E-state index in [9.17, 15) is 14.4 Å². The molecule has 0 bridgehead atoms. The van der Waals surface area contributed by atoms with Gasteiger partial charge >= 0.3 is 6.03 Å². The number of hydrogen-bond acceptors (Lipinski definition) is 4. The normalized spacial score (nSPS) is 16.9. The molecule has 0 radical (unpaired) electrons. The number of nitrogens with zero attached hydrogens (tertiary/aromatic N) is 1. The number of nitrogens with one attached hydrogen (secondary N) is 1. The summed E-state index contributed by atoms with van der Waals surface area (Å²) in [6.45, 7) is 1.94. The van der Waals surface area contributed by atoms with Crippen LogP contribution in [0.3, 0.4) is 0 Å². The maximum absolute atomic E-state index is 12.6. The van der Waals surface area contributed by atoms with Gasteiger partial charge in [-0.25, -0.2) is 9.69 Å². The molecular formula is C16H11BrN2O3S. The van der Waals surface area contributed by atoms with Crippen LogP contribution in [0.5, 0.6) is 0 Å². The highest BCUT2D eigenvalue weighted by Crippen LogP contribution is 2.25. The van der Waals surface area contributed by atoms with Gasteiger partial charge in [-0.2, -0.15) is 0 Å². The van der Waals surface area contributed by atoms with Crippen molar-refractivity contribution < 1.29 is 14.4 Å². The Balaban J connectivity index is 2.00. The molecule has 3 rings (SSSR count). The largest absolute Gasteiger partial charge is 0.335 e. The van der Waals surface area contributed by atoms with E-state index in [-0.39, 0.29) is 5.57 Å².